The summed E-state index contributed by atoms with van der Waals surface area (Å²) < 4.78 is 0. The number of anilines is 3. The molecule has 0 fully saturated rings. The number of rotatable bonds is 4. The fourth-order valence-corrected chi connectivity index (χ4v) is 6.18. The Hall–Kier alpha value is -5.60. The first-order valence-electron chi connectivity index (χ1n) is 15.1. The highest BCUT2D eigenvalue weighted by molar-refractivity contribution is 6.14. The van der Waals surface area contributed by atoms with Crippen molar-refractivity contribution in [2.75, 3.05) is 10.2 Å². The van der Waals surface area contributed by atoms with Crippen molar-refractivity contribution in [2.24, 2.45) is 0 Å². The lowest BCUT2D eigenvalue weighted by molar-refractivity contribution is 1.00. The molecule has 5 aromatic carbocycles. The minimum absolute atomic E-state index is 0.897. The maximum atomic E-state index is 4.10. The monoisotopic (exact) mass is 566 g/mol. The van der Waals surface area contributed by atoms with Crippen LogP contribution >= 0.6 is 0 Å². The zero-order valence-electron chi connectivity index (χ0n) is 24.7. The average molecular weight is 567 g/mol. The van der Waals surface area contributed by atoms with E-state index in [-0.39, 0.29) is 0 Å². The Bertz CT molecular complexity index is 2050. The van der Waals surface area contributed by atoms with Gasteiger partial charge in [0.05, 0.1) is 5.69 Å². The Morgan fingerprint density at radius 2 is 1.32 bits per heavy atom. The smallest absolute Gasteiger partial charge is 0.0527 e. The second-order valence-electron chi connectivity index (χ2n) is 11.2. The van der Waals surface area contributed by atoms with Crippen molar-refractivity contribution in [2.45, 2.75) is 12.8 Å². The molecule has 0 atom stereocenters. The summed E-state index contributed by atoms with van der Waals surface area (Å²) in [6.07, 6.45) is 23.0. The number of benzene rings is 5. The molecule has 5 aromatic rings. The molecule has 0 saturated carbocycles. The summed E-state index contributed by atoms with van der Waals surface area (Å²) in [6, 6.07) is 32.8. The van der Waals surface area contributed by atoms with Gasteiger partial charge in [0.25, 0.3) is 0 Å². The van der Waals surface area contributed by atoms with E-state index in [9.17, 15) is 0 Å². The molecule has 2 aliphatic rings. The lowest BCUT2D eigenvalue weighted by Gasteiger charge is -2.20. The minimum Gasteiger partial charge on any atom is -0.355 e. The maximum absolute atomic E-state index is 4.10. The van der Waals surface area contributed by atoms with Crippen LogP contribution in [0.25, 0.3) is 38.7 Å². The van der Waals surface area contributed by atoms with E-state index in [2.05, 4.69) is 139 Å². The van der Waals surface area contributed by atoms with Gasteiger partial charge in [-0.1, -0.05) is 110 Å². The van der Waals surface area contributed by atoms with Crippen molar-refractivity contribution in [1.82, 2.24) is 0 Å². The molecular formula is C42H34N2. The lowest BCUT2D eigenvalue weighted by atomic mass is 9.86. The van der Waals surface area contributed by atoms with E-state index >= 15 is 0 Å². The Morgan fingerprint density at radius 3 is 2.14 bits per heavy atom. The van der Waals surface area contributed by atoms with Gasteiger partial charge in [-0.2, -0.15) is 0 Å². The van der Waals surface area contributed by atoms with Crippen LogP contribution in [-0.4, -0.2) is 0 Å². The zero-order chi connectivity index (χ0) is 29.9. The fraction of sp³-hybridized carbons (Fsp3) is 0.0476. The van der Waals surface area contributed by atoms with Gasteiger partial charge in [-0.25, -0.2) is 0 Å². The van der Waals surface area contributed by atoms with Crippen LogP contribution in [0, 0.1) is 0 Å². The number of aryl methyl sites for hydroxylation is 1. The van der Waals surface area contributed by atoms with Crippen LogP contribution in [0.15, 0.2) is 170 Å². The summed E-state index contributed by atoms with van der Waals surface area (Å²) in [7, 11) is 0. The molecule has 1 aliphatic carbocycles. The molecule has 7 rings (SSSR count). The quantitative estimate of drug-likeness (QED) is 0.218. The van der Waals surface area contributed by atoms with E-state index in [1.807, 2.05) is 36.5 Å². The molecule has 44 heavy (non-hydrogen) atoms. The van der Waals surface area contributed by atoms with Crippen LogP contribution in [0.4, 0.5) is 17.1 Å². The van der Waals surface area contributed by atoms with Crippen LogP contribution < -0.4 is 10.2 Å². The highest BCUT2D eigenvalue weighted by Gasteiger charge is 2.15. The molecule has 0 amide bonds. The Labute approximate surface area is 259 Å². The van der Waals surface area contributed by atoms with Crippen LogP contribution in [0.2, 0.25) is 0 Å². The number of hydrogen-bond donors (Lipinski definition) is 1. The van der Waals surface area contributed by atoms with E-state index in [0.717, 1.165) is 52.2 Å². The number of nitrogens with zero attached hydrogens (tertiary/aromatic N) is 1. The molecule has 0 spiro atoms. The molecular weight excluding hydrogens is 532 g/mol. The SMILES string of the molecule is C=C1/C=C\C=C/N(c2ccccc2-c2cccc(Nc3ccc4c5c(c6ccccc6c4c3)CCC=C5)c2)/C=C\C=C/C1=C. The molecule has 2 heteroatoms. The van der Waals surface area contributed by atoms with Crippen molar-refractivity contribution in [3.63, 3.8) is 0 Å². The summed E-state index contributed by atoms with van der Waals surface area (Å²) in [5, 5.41) is 8.99. The summed E-state index contributed by atoms with van der Waals surface area (Å²) in [5.41, 5.74) is 10.1. The first-order valence-corrected chi connectivity index (χ1v) is 15.1. The van der Waals surface area contributed by atoms with Gasteiger partial charge >= 0.3 is 0 Å². The van der Waals surface area contributed by atoms with E-state index in [0.29, 0.717) is 0 Å². The molecule has 0 unspecified atom stereocenters. The third-order valence-corrected chi connectivity index (χ3v) is 8.39. The number of para-hydroxylation sites is 1. The van der Waals surface area contributed by atoms with E-state index in [4.69, 9.17) is 0 Å². The fourth-order valence-electron chi connectivity index (χ4n) is 6.18. The van der Waals surface area contributed by atoms with E-state index in [1.54, 1.807) is 0 Å². The van der Waals surface area contributed by atoms with Crippen molar-refractivity contribution in [1.29, 1.82) is 0 Å². The van der Waals surface area contributed by atoms with Crippen molar-refractivity contribution < 1.29 is 0 Å². The highest BCUT2D eigenvalue weighted by atomic mass is 15.1. The normalized spacial score (nSPS) is 17.6. The van der Waals surface area contributed by atoms with Crippen molar-refractivity contribution >= 4 is 44.7 Å². The molecule has 1 heterocycles. The lowest BCUT2D eigenvalue weighted by Crippen LogP contribution is -2.08. The largest absolute Gasteiger partial charge is 0.355 e. The number of fused-ring (bicyclic) bond motifs is 6. The standard InChI is InChI=1S/C42H34N2/c1-30-14-9-11-26-44(27-12-10-15-31(30)2)42-23-8-7-18-35(42)32-16-13-17-33(28-32)43-34-24-25-40-38-21-4-3-19-36(38)37-20-5-6-22-39(37)41(40)29-34/h4-18,20-29,43H,1-3,19H2/b14-9-,15-10-,26-11-,27-12-. The van der Waals surface area contributed by atoms with Gasteiger partial charge < -0.3 is 10.2 Å². The van der Waals surface area contributed by atoms with Gasteiger partial charge in [0, 0.05) is 29.3 Å². The summed E-state index contributed by atoms with van der Waals surface area (Å²) >= 11 is 0. The summed E-state index contributed by atoms with van der Waals surface area (Å²) in [6.45, 7) is 8.19. The topological polar surface area (TPSA) is 15.3 Å². The average Bonchev–Trinajstić information content (AvgIpc) is 3.11. The molecule has 0 radical (unpaired) electrons. The van der Waals surface area contributed by atoms with Gasteiger partial charge in [-0.15, -0.1) is 0 Å². The molecule has 0 saturated heterocycles. The van der Waals surface area contributed by atoms with Gasteiger partial charge in [0.1, 0.15) is 0 Å². The van der Waals surface area contributed by atoms with Crippen LogP contribution in [0.3, 0.4) is 0 Å². The molecule has 0 aromatic heterocycles. The van der Waals surface area contributed by atoms with Gasteiger partial charge in [0.2, 0.25) is 0 Å². The second-order valence-corrected chi connectivity index (χ2v) is 11.2. The summed E-state index contributed by atoms with van der Waals surface area (Å²) in [4.78, 5) is 2.14. The molecule has 1 aliphatic heterocycles. The van der Waals surface area contributed by atoms with Gasteiger partial charge in [0.15, 0.2) is 0 Å². The van der Waals surface area contributed by atoms with Crippen LogP contribution in [0.1, 0.15) is 17.5 Å². The van der Waals surface area contributed by atoms with Crippen LogP contribution in [0.5, 0.6) is 0 Å². The molecule has 1 N–H and O–H groups in total. The third-order valence-electron chi connectivity index (χ3n) is 8.39. The predicted molar refractivity (Wildman–Crippen MR) is 191 cm³/mol. The molecule has 2 nitrogen and oxygen atoms in total. The Kier molecular flexibility index (Phi) is 7.40. The highest BCUT2D eigenvalue weighted by Crippen LogP contribution is 2.38. The number of nitrogens with one attached hydrogen (secondary N) is 1. The second kappa shape index (κ2) is 11.9. The Balaban J connectivity index is 1.24. The number of hydrogen-bond acceptors (Lipinski definition) is 2. The first-order chi connectivity index (χ1) is 21.7. The van der Waals surface area contributed by atoms with Crippen LogP contribution in [-0.2, 0) is 6.42 Å². The van der Waals surface area contributed by atoms with Crippen molar-refractivity contribution in [3.8, 4) is 11.1 Å². The zero-order valence-corrected chi connectivity index (χ0v) is 24.7. The predicted octanol–water partition coefficient (Wildman–Crippen LogP) is 11.4. The Morgan fingerprint density at radius 1 is 0.591 bits per heavy atom. The van der Waals surface area contributed by atoms with Crippen molar-refractivity contribution in [3.05, 3.63) is 181 Å². The minimum atomic E-state index is 0.897. The third kappa shape index (κ3) is 5.34. The summed E-state index contributed by atoms with van der Waals surface area (Å²) in [5.74, 6) is 0. The molecule has 212 valence electrons. The number of allylic oxidation sites excluding steroid dienone is 9. The first kappa shape index (κ1) is 27.2. The van der Waals surface area contributed by atoms with Gasteiger partial charge in [-0.3, -0.25) is 0 Å². The van der Waals surface area contributed by atoms with E-state index in [1.165, 1.54) is 32.7 Å². The maximum Gasteiger partial charge on any atom is 0.0527 e. The molecule has 0 bridgehead atoms. The van der Waals surface area contributed by atoms with Gasteiger partial charge in [-0.05, 0) is 105 Å². The van der Waals surface area contributed by atoms with E-state index < -0.39 is 0 Å².